The molecule has 0 radical (unpaired) electrons. The number of hydrogen-bond acceptors (Lipinski definition) is 7. The molecule has 0 amide bonds. The van der Waals surface area contributed by atoms with Crippen molar-refractivity contribution in [2.45, 2.75) is 43.4 Å². The lowest BCUT2D eigenvalue weighted by atomic mass is 10.1. The molecule has 0 aliphatic rings. The smallest absolute Gasteiger partial charge is 0.337 e. The van der Waals surface area contributed by atoms with E-state index < -0.39 is 26.0 Å². The van der Waals surface area contributed by atoms with Gasteiger partial charge in [0.2, 0.25) is 0 Å². The lowest BCUT2D eigenvalue weighted by molar-refractivity contribution is 0.0697. The van der Waals surface area contributed by atoms with Crippen LogP contribution in [0, 0.1) is 13.8 Å². The van der Waals surface area contributed by atoms with Gasteiger partial charge in [-0.15, -0.1) is 0 Å². The molecule has 0 aliphatic heterocycles. The van der Waals surface area contributed by atoms with Gasteiger partial charge < -0.3 is 15.2 Å². The third-order valence-corrected chi connectivity index (χ3v) is 9.21. The number of rotatable bonds is 13. The van der Waals surface area contributed by atoms with E-state index in [1.165, 1.54) is 42.5 Å². The Hall–Kier alpha value is -4.55. The fourth-order valence-corrected chi connectivity index (χ4v) is 6.21. The van der Waals surface area contributed by atoms with Crippen LogP contribution in [0.2, 0.25) is 0 Å². The van der Waals surface area contributed by atoms with Crippen LogP contribution in [0.4, 0.5) is 17.1 Å². The Kier molecular flexibility index (Phi) is 9.62. The van der Waals surface area contributed by atoms with Crippen LogP contribution in [0.5, 0.6) is 11.5 Å². The molecule has 10 nitrogen and oxygen atoms in total. The highest BCUT2D eigenvalue weighted by Crippen LogP contribution is 2.33. The molecule has 0 aliphatic carbocycles. The van der Waals surface area contributed by atoms with Gasteiger partial charge >= 0.3 is 5.97 Å². The van der Waals surface area contributed by atoms with Gasteiger partial charge in [0, 0.05) is 12.6 Å². The van der Waals surface area contributed by atoms with Gasteiger partial charge in [0.25, 0.3) is 20.0 Å². The molecule has 0 saturated heterocycles. The van der Waals surface area contributed by atoms with Crippen LogP contribution in [0.25, 0.3) is 0 Å². The summed E-state index contributed by atoms with van der Waals surface area (Å²) < 4.78 is 62.7. The fraction of sp³-hybridized carbons (Fsp3) is 0.194. The summed E-state index contributed by atoms with van der Waals surface area (Å²) >= 11 is 0. The summed E-state index contributed by atoms with van der Waals surface area (Å²) in [5, 5.41) is 13.0. The molecule has 4 rings (SSSR count). The molecule has 0 heterocycles. The Morgan fingerprint density at radius 2 is 1.19 bits per heavy atom. The van der Waals surface area contributed by atoms with Gasteiger partial charge in [0.1, 0.15) is 11.5 Å². The molecule has 4 N–H and O–H groups in total. The molecule has 0 aromatic heterocycles. The second-order valence-corrected chi connectivity index (χ2v) is 13.3. The van der Waals surface area contributed by atoms with Crippen molar-refractivity contribution in [3.8, 4) is 11.5 Å². The third kappa shape index (κ3) is 8.05. The Labute approximate surface area is 251 Å². The minimum atomic E-state index is -4.04. The molecule has 0 spiro atoms. The van der Waals surface area contributed by atoms with Crippen molar-refractivity contribution in [2.24, 2.45) is 0 Å². The number of carbonyl (C=O) groups is 1. The largest absolute Gasteiger partial charge is 0.478 e. The van der Waals surface area contributed by atoms with E-state index in [4.69, 9.17) is 4.74 Å². The molecule has 0 unspecified atom stereocenters. The number of aryl methyl sites for hydroxylation is 2. The van der Waals surface area contributed by atoms with Gasteiger partial charge in [-0.3, -0.25) is 9.44 Å². The number of ether oxygens (including phenoxy) is 1. The minimum absolute atomic E-state index is 0.00374. The maximum absolute atomic E-state index is 13.0. The molecule has 43 heavy (non-hydrogen) atoms. The summed E-state index contributed by atoms with van der Waals surface area (Å²) in [6.45, 7) is 6.31. The number of carboxylic acid groups (broad SMARTS) is 1. The maximum atomic E-state index is 13.0. The lowest BCUT2D eigenvalue weighted by Gasteiger charge is -2.17. The van der Waals surface area contributed by atoms with Crippen molar-refractivity contribution < 1.29 is 31.5 Å². The molecule has 4 aromatic rings. The predicted molar refractivity (Wildman–Crippen MR) is 167 cm³/mol. The normalized spacial score (nSPS) is 11.5. The fourth-order valence-electron chi connectivity index (χ4n) is 4.05. The van der Waals surface area contributed by atoms with Crippen LogP contribution in [0.3, 0.4) is 0 Å². The molecule has 0 saturated carbocycles. The highest BCUT2D eigenvalue weighted by Gasteiger charge is 2.20. The number of unbranched alkanes of at least 4 members (excludes halogenated alkanes) is 1. The Morgan fingerprint density at radius 1 is 0.698 bits per heavy atom. The SMILES string of the molecule is CCCCNc1cc(Oc2ccc(NS(=O)(=O)c3ccc(C)cc3)c(C(=O)O)c2)ccc1NS(=O)(=O)c1ccc(C)cc1. The molecule has 0 atom stereocenters. The molecular formula is C31H33N3O7S2. The standard InChI is InChI=1S/C31H33N3O7S2/c1-4-5-18-32-30-20-24(11-17-29(30)34-43(39,40)26-14-8-22(3)9-15-26)41-23-10-16-28(27(19-23)31(35)36)33-42(37,38)25-12-6-21(2)7-13-25/h6-17,19-20,32-34H,4-5,18H2,1-3H3,(H,35,36). The van der Waals surface area contributed by atoms with Crippen molar-refractivity contribution in [1.29, 1.82) is 0 Å². The van der Waals surface area contributed by atoms with Crippen LogP contribution in [0.1, 0.15) is 41.3 Å². The number of aromatic carboxylic acids is 1. The highest BCUT2D eigenvalue weighted by molar-refractivity contribution is 7.93. The van der Waals surface area contributed by atoms with Gasteiger partial charge in [-0.25, -0.2) is 21.6 Å². The number of hydrogen-bond donors (Lipinski definition) is 4. The van der Waals surface area contributed by atoms with E-state index in [2.05, 4.69) is 14.8 Å². The number of sulfonamides is 2. The van der Waals surface area contributed by atoms with E-state index in [0.717, 1.165) is 24.0 Å². The van der Waals surface area contributed by atoms with Crippen LogP contribution >= 0.6 is 0 Å². The van der Waals surface area contributed by atoms with E-state index >= 15 is 0 Å². The average molecular weight is 624 g/mol. The van der Waals surface area contributed by atoms with Gasteiger partial charge in [0.15, 0.2) is 0 Å². The Morgan fingerprint density at radius 3 is 1.70 bits per heavy atom. The number of carboxylic acids is 1. The van der Waals surface area contributed by atoms with Gasteiger partial charge in [-0.05, 0) is 74.9 Å². The van der Waals surface area contributed by atoms with E-state index in [9.17, 15) is 26.7 Å². The summed E-state index contributed by atoms with van der Waals surface area (Å²) in [7, 11) is -7.90. The van der Waals surface area contributed by atoms with Crippen LogP contribution < -0.4 is 19.5 Å². The summed E-state index contributed by atoms with van der Waals surface area (Å²) in [4.78, 5) is 12.2. The first-order valence-corrected chi connectivity index (χ1v) is 16.5. The molecule has 0 bridgehead atoms. The average Bonchev–Trinajstić information content (AvgIpc) is 2.95. The highest BCUT2D eigenvalue weighted by atomic mass is 32.2. The zero-order valence-electron chi connectivity index (χ0n) is 23.9. The van der Waals surface area contributed by atoms with E-state index in [0.29, 0.717) is 23.7 Å². The minimum Gasteiger partial charge on any atom is -0.478 e. The van der Waals surface area contributed by atoms with Crippen molar-refractivity contribution in [2.75, 3.05) is 21.3 Å². The van der Waals surface area contributed by atoms with Crippen molar-refractivity contribution in [3.63, 3.8) is 0 Å². The first-order valence-electron chi connectivity index (χ1n) is 13.5. The van der Waals surface area contributed by atoms with Crippen molar-refractivity contribution in [3.05, 3.63) is 102 Å². The first kappa shape index (κ1) is 31.4. The summed E-state index contributed by atoms with van der Waals surface area (Å²) in [6.07, 6.45) is 1.77. The van der Waals surface area contributed by atoms with Crippen LogP contribution in [-0.2, 0) is 20.0 Å². The molecular weight excluding hydrogens is 590 g/mol. The summed E-state index contributed by atoms with van der Waals surface area (Å²) in [6, 6.07) is 21.3. The Balaban J connectivity index is 1.60. The number of anilines is 3. The maximum Gasteiger partial charge on any atom is 0.337 e. The van der Waals surface area contributed by atoms with Crippen molar-refractivity contribution >= 4 is 43.1 Å². The van der Waals surface area contributed by atoms with E-state index in [1.54, 1.807) is 42.5 Å². The van der Waals surface area contributed by atoms with Crippen molar-refractivity contribution in [1.82, 2.24) is 0 Å². The first-order chi connectivity index (χ1) is 20.4. The number of benzene rings is 4. The van der Waals surface area contributed by atoms with Gasteiger partial charge in [-0.2, -0.15) is 0 Å². The zero-order chi connectivity index (χ0) is 31.2. The molecule has 4 aromatic carbocycles. The van der Waals surface area contributed by atoms with Gasteiger partial charge in [-0.1, -0.05) is 48.7 Å². The zero-order valence-corrected chi connectivity index (χ0v) is 25.6. The number of nitrogens with one attached hydrogen (secondary N) is 3. The Bertz CT molecular complexity index is 1820. The summed E-state index contributed by atoms with van der Waals surface area (Å²) in [5.74, 6) is -0.903. The molecule has 226 valence electrons. The van der Waals surface area contributed by atoms with Crippen LogP contribution in [0.15, 0.2) is 94.7 Å². The second kappa shape index (κ2) is 13.2. The lowest BCUT2D eigenvalue weighted by Crippen LogP contribution is -2.15. The van der Waals surface area contributed by atoms with E-state index in [-0.39, 0.29) is 26.8 Å². The topological polar surface area (TPSA) is 151 Å². The van der Waals surface area contributed by atoms with E-state index in [1.807, 2.05) is 20.8 Å². The second-order valence-electron chi connectivity index (χ2n) is 9.94. The molecule has 12 heteroatoms. The van der Waals surface area contributed by atoms with Crippen LogP contribution in [-0.4, -0.2) is 34.5 Å². The summed E-state index contributed by atoms with van der Waals surface area (Å²) in [5.41, 5.74) is 2.18. The monoisotopic (exact) mass is 623 g/mol. The van der Waals surface area contributed by atoms with Gasteiger partial charge in [0.05, 0.1) is 32.4 Å². The molecule has 0 fully saturated rings. The quantitative estimate of drug-likeness (QED) is 0.122. The third-order valence-electron chi connectivity index (χ3n) is 6.45. The predicted octanol–water partition coefficient (Wildman–Crippen LogP) is 6.61.